The summed E-state index contributed by atoms with van der Waals surface area (Å²) in [6.07, 6.45) is 2.31. The lowest BCUT2D eigenvalue weighted by Crippen LogP contribution is -2.36. The van der Waals surface area contributed by atoms with Gasteiger partial charge < -0.3 is 10.4 Å². The summed E-state index contributed by atoms with van der Waals surface area (Å²) in [6.45, 7) is 1.70. The molecular weight excluding hydrogens is 202 g/mol. The SMILES string of the molecule is O=C(O)[C@]1(c2ccccc2)CCCNCC1. The molecule has 0 spiro atoms. The lowest BCUT2D eigenvalue weighted by Gasteiger charge is -2.28. The molecule has 0 saturated carbocycles. The molecule has 86 valence electrons. The van der Waals surface area contributed by atoms with E-state index in [9.17, 15) is 9.90 Å². The number of hydrogen-bond donors (Lipinski definition) is 2. The molecule has 0 bridgehead atoms. The Bertz CT molecular complexity index is 353. The van der Waals surface area contributed by atoms with Crippen LogP contribution in [0.4, 0.5) is 0 Å². The van der Waals surface area contributed by atoms with Crippen LogP contribution in [-0.4, -0.2) is 24.2 Å². The number of nitrogens with one attached hydrogen (secondary N) is 1. The maximum atomic E-state index is 11.6. The average molecular weight is 219 g/mol. The molecule has 1 fully saturated rings. The number of benzene rings is 1. The summed E-state index contributed by atoms with van der Waals surface area (Å²) >= 11 is 0. The summed E-state index contributed by atoms with van der Waals surface area (Å²) in [4.78, 5) is 11.6. The van der Waals surface area contributed by atoms with Gasteiger partial charge in [0.25, 0.3) is 0 Å². The minimum atomic E-state index is -0.692. The molecule has 0 unspecified atom stereocenters. The van der Waals surface area contributed by atoms with E-state index >= 15 is 0 Å². The molecule has 1 aromatic rings. The Morgan fingerprint density at radius 1 is 1.19 bits per heavy atom. The van der Waals surface area contributed by atoms with E-state index in [-0.39, 0.29) is 0 Å². The molecule has 0 aromatic heterocycles. The number of carbonyl (C=O) groups is 1. The molecule has 16 heavy (non-hydrogen) atoms. The van der Waals surface area contributed by atoms with E-state index in [1.807, 2.05) is 30.3 Å². The van der Waals surface area contributed by atoms with Crippen LogP contribution in [0.5, 0.6) is 0 Å². The molecule has 2 N–H and O–H groups in total. The first-order valence-electron chi connectivity index (χ1n) is 5.75. The summed E-state index contributed by atoms with van der Waals surface area (Å²) < 4.78 is 0. The lowest BCUT2D eigenvalue weighted by molar-refractivity contribution is -0.144. The fourth-order valence-corrected chi connectivity index (χ4v) is 2.45. The van der Waals surface area contributed by atoms with Crippen LogP contribution in [-0.2, 0) is 10.2 Å². The minimum absolute atomic E-state index is 0.673. The van der Waals surface area contributed by atoms with E-state index in [1.54, 1.807) is 0 Å². The maximum Gasteiger partial charge on any atom is 0.314 e. The van der Waals surface area contributed by atoms with Crippen LogP contribution < -0.4 is 5.32 Å². The quantitative estimate of drug-likeness (QED) is 0.797. The van der Waals surface area contributed by atoms with Gasteiger partial charge in [-0.2, -0.15) is 0 Å². The normalized spacial score (nSPS) is 26.0. The highest BCUT2D eigenvalue weighted by molar-refractivity contribution is 5.81. The predicted octanol–water partition coefficient (Wildman–Crippen LogP) is 1.78. The first-order valence-corrected chi connectivity index (χ1v) is 5.75. The molecule has 1 aliphatic heterocycles. The van der Waals surface area contributed by atoms with Gasteiger partial charge >= 0.3 is 5.97 Å². The average Bonchev–Trinajstić information content (AvgIpc) is 2.56. The van der Waals surface area contributed by atoms with Gasteiger partial charge in [-0.25, -0.2) is 0 Å². The molecule has 3 heteroatoms. The van der Waals surface area contributed by atoms with Crippen LogP contribution in [0.3, 0.4) is 0 Å². The van der Waals surface area contributed by atoms with Crippen molar-refractivity contribution in [2.45, 2.75) is 24.7 Å². The first kappa shape index (κ1) is 11.1. The molecule has 1 aliphatic rings. The van der Waals surface area contributed by atoms with Crippen molar-refractivity contribution in [3.8, 4) is 0 Å². The molecule has 1 aromatic carbocycles. The summed E-state index contributed by atoms with van der Waals surface area (Å²) in [6, 6.07) is 9.61. The van der Waals surface area contributed by atoms with Crippen molar-refractivity contribution in [2.75, 3.05) is 13.1 Å². The van der Waals surface area contributed by atoms with Gasteiger partial charge in [-0.3, -0.25) is 4.79 Å². The third-order valence-corrected chi connectivity index (χ3v) is 3.42. The van der Waals surface area contributed by atoms with E-state index in [1.165, 1.54) is 0 Å². The molecule has 1 heterocycles. The minimum Gasteiger partial charge on any atom is -0.481 e. The van der Waals surface area contributed by atoms with E-state index in [0.717, 1.165) is 31.5 Å². The van der Waals surface area contributed by atoms with Gasteiger partial charge in [0.2, 0.25) is 0 Å². The van der Waals surface area contributed by atoms with E-state index in [4.69, 9.17) is 0 Å². The fraction of sp³-hybridized carbons (Fsp3) is 0.462. The van der Waals surface area contributed by atoms with Crippen molar-refractivity contribution in [1.82, 2.24) is 5.32 Å². The molecule has 3 nitrogen and oxygen atoms in total. The second-order valence-electron chi connectivity index (χ2n) is 4.36. The van der Waals surface area contributed by atoms with Crippen molar-refractivity contribution in [2.24, 2.45) is 0 Å². The van der Waals surface area contributed by atoms with Gasteiger partial charge in [-0.1, -0.05) is 30.3 Å². The Hall–Kier alpha value is -1.35. The summed E-state index contributed by atoms with van der Waals surface area (Å²) in [5.41, 5.74) is 0.247. The van der Waals surface area contributed by atoms with E-state index < -0.39 is 11.4 Å². The van der Waals surface area contributed by atoms with Gasteiger partial charge in [0.1, 0.15) is 0 Å². The van der Waals surface area contributed by atoms with Crippen molar-refractivity contribution < 1.29 is 9.90 Å². The second-order valence-corrected chi connectivity index (χ2v) is 4.36. The van der Waals surface area contributed by atoms with Crippen LogP contribution >= 0.6 is 0 Å². The van der Waals surface area contributed by atoms with E-state index in [0.29, 0.717) is 6.42 Å². The van der Waals surface area contributed by atoms with Gasteiger partial charge in [0.15, 0.2) is 0 Å². The Balaban J connectivity index is 2.38. The number of rotatable bonds is 2. The zero-order valence-corrected chi connectivity index (χ0v) is 9.28. The van der Waals surface area contributed by atoms with Gasteiger partial charge in [0.05, 0.1) is 5.41 Å². The Morgan fingerprint density at radius 2 is 1.94 bits per heavy atom. The standard InChI is InChI=1S/C13H17NO2/c15-12(16)13(7-4-9-14-10-8-13)11-5-2-1-3-6-11/h1-3,5-6,14H,4,7-10H2,(H,15,16)/t13-/m1/s1. The summed E-state index contributed by atoms with van der Waals surface area (Å²) in [5, 5.41) is 12.8. The third kappa shape index (κ3) is 1.95. The fourth-order valence-electron chi connectivity index (χ4n) is 2.45. The predicted molar refractivity (Wildman–Crippen MR) is 62.5 cm³/mol. The molecule has 2 rings (SSSR count). The topological polar surface area (TPSA) is 49.3 Å². The lowest BCUT2D eigenvalue weighted by atomic mass is 9.74. The Kier molecular flexibility index (Phi) is 3.25. The van der Waals surface area contributed by atoms with Crippen molar-refractivity contribution in [1.29, 1.82) is 0 Å². The van der Waals surface area contributed by atoms with Gasteiger partial charge in [-0.15, -0.1) is 0 Å². The summed E-state index contributed by atoms with van der Waals surface area (Å²) in [5.74, 6) is -0.692. The van der Waals surface area contributed by atoms with Crippen molar-refractivity contribution >= 4 is 5.97 Å². The maximum absolute atomic E-state index is 11.6. The van der Waals surface area contributed by atoms with Crippen LogP contribution in [0.1, 0.15) is 24.8 Å². The van der Waals surface area contributed by atoms with Crippen molar-refractivity contribution in [3.05, 3.63) is 35.9 Å². The first-order chi connectivity index (χ1) is 7.76. The van der Waals surface area contributed by atoms with Crippen LogP contribution in [0.15, 0.2) is 30.3 Å². The molecular formula is C13H17NO2. The van der Waals surface area contributed by atoms with Crippen molar-refractivity contribution in [3.63, 3.8) is 0 Å². The smallest absolute Gasteiger partial charge is 0.314 e. The molecule has 0 radical (unpaired) electrons. The van der Waals surface area contributed by atoms with Gasteiger partial charge in [0, 0.05) is 0 Å². The number of hydrogen-bond acceptors (Lipinski definition) is 2. The highest BCUT2D eigenvalue weighted by Gasteiger charge is 2.40. The van der Waals surface area contributed by atoms with Crippen LogP contribution in [0, 0.1) is 0 Å². The van der Waals surface area contributed by atoms with Crippen LogP contribution in [0.2, 0.25) is 0 Å². The number of carboxylic acid groups (broad SMARTS) is 1. The largest absolute Gasteiger partial charge is 0.481 e. The monoisotopic (exact) mass is 219 g/mol. The molecule has 1 saturated heterocycles. The number of carboxylic acids is 1. The molecule has 1 atom stereocenters. The third-order valence-electron chi connectivity index (χ3n) is 3.42. The zero-order chi connectivity index (χ0) is 11.4. The Labute approximate surface area is 95.5 Å². The molecule has 0 amide bonds. The van der Waals surface area contributed by atoms with Gasteiger partial charge in [-0.05, 0) is 37.9 Å². The highest BCUT2D eigenvalue weighted by atomic mass is 16.4. The summed E-state index contributed by atoms with van der Waals surface area (Å²) in [7, 11) is 0. The molecule has 0 aliphatic carbocycles. The Morgan fingerprint density at radius 3 is 2.62 bits per heavy atom. The van der Waals surface area contributed by atoms with Crippen LogP contribution in [0.25, 0.3) is 0 Å². The second kappa shape index (κ2) is 4.66. The number of aliphatic carboxylic acids is 1. The van der Waals surface area contributed by atoms with E-state index in [2.05, 4.69) is 5.32 Å². The zero-order valence-electron chi connectivity index (χ0n) is 9.28. The highest BCUT2D eigenvalue weighted by Crippen LogP contribution is 2.34.